The topological polar surface area (TPSA) is 48.0 Å². The lowest BCUT2D eigenvalue weighted by atomic mass is 10.1. The molecule has 3 nitrogen and oxygen atoms in total. The molecule has 1 radical (unpaired) electrons. The molecule has 0 fully saturated rings. The number of primary amides is 1. The number of hydrogen-bond donors (Lipinski definition) is 1. The zero-order chi connectivity index (χ0) is 10.1. The Bertz CT molecular complexity index is 485. The lowest BCUT2D eigenvalue weighted by Gasteiger charge is -1.96. The second-order valence-corrected chi connectivity index (χ2v) is 3.16. The highest BCUT2D eigenvalue weighted by atomic mass is 16.2. The molecule has 0 aliphatic heterocycles. The van der Waals surface area contributed by atoms with Crippen molar-refractivity contribution in [2.45, 2.75) is 13.3 Å². The van der Waals surface area contributed by atoms with Crippen molar-refractivity contribution < 1.29 is 4.79 Å². The third-order valence-corrected chi connectivity index (χ3v) is 2.35. The normalized spacial score (nSPS) is 10.6. The minimum atomic E-state index is -0.444. The fourth-order valence-electron chi connectivity index (χ4n) is 1.65. The van der Waals surface area contributed by atoms with Crippen LogP contribution in [0.15, 0.2) is 24.4 Å². The number of fused-ring (bicyclic) bond motifs is 1. The van der Waals surface area contributed by atoms with E-state index in [0.717, 1.165) is 22.9 Å². The molecule has 2 N–H and O–H groups in total. The van der Waals surface area contributed by atoms with E-state index in [0.29, 0.717) is 0 Å². The number of nitrogens with zero attached hydrogens (tertiary/aromatic N) is 1. The van der Waals surface area contributed by atoms with Gasteiger partial charge in [0, 0.05) is 11.6 Å². The molecule has 1 aromatic carbocycles. The van der Waals surface area contributed by atoms with Gasteiger partial charge in [-0.1, -0.05) is 13.0 Å². The first-order chi connectivity index (χ1) is 6.74. The highest BCUT2D eigenvalue weighted by Crippen LogP contribution is 2.20. The molecule has 14 heavy (non-hydrogen) atoms. The van der Waals surface area contributed by atoms with Crippen LogP contribution in [-0.4, -0.2) is 10.6 Å². The van der Waals surface area contributed by atoms with Crippen molar-refractivity contribution in [2.24, 2.45) is 5.73 Å². The Morgan fingerprint density at radius 3 is 3.07 bits per heavy atom. The van der Waals surface area contributed by atoms with Crippen molar-refractivity contribution in [2.75, 3.05) is 0 Å². The number of amides is 1. The molecular formula is C11H11N2O. The van der Waals surface area contributed by atoms with Crippen LogP contribution >= 0.6 is 0 Å². The van der Waals surface area contributed by atoms with Crippen LogP contribution in [0.25, 0.3) is 10.9 Å². The molecular weight excluding hydrogens is 176 g/mol. The Labute approximate surface area is 82.1 Å². The average Bonchev–Trinajstić information content (AvgIpc) is 2.56. The van der Waals surface area contributed by atoms with E-state index in [9.17, 15) is 4.79 Å². The number of rotatable bonds is 1. The van der Waals surface area contributed by atoms with Crippen molar-refractivity contribution in [3.05, 3.63) is 36.0 Å². The van der Waals surface area contributed by atoms with Crippen LogP contribution in [-0.2, 0) is 6.42 Å². The number of nitrogens with two attached hydrogens (primary N) is 1. The molecule has 71 valence electrons. The standard InChI is InChI=1S/C11H11N2O/c1-2-8-7-13(11(12)14)10-6-4-3-5-9(8)10/h4-7H,2H2,1H3,(H2,12,14). The van der Waals surface area contributed by atoms with E-state index in [1.807, 2.05) is 19.1 Å². The van der Waals surface area contributed by atoms with Crippen LogP contribution in [0.3, 0.4) is 0 Å². The quantitative estimate of drug-likeness (QED) is 0.728. The summed E-state index contributed by atoms with van der Waals surface area (Å²) in [5, 5.41) is 1.05. The first-order valence-electron chi connectivity index (χ1n) is 4.54. The van der Waals surface area contributed by atoms with Gasteiger partial charge in [0.05, 0.1) is 5.52 Å². The molecule has 0 saturated heterocycles. The molecule has 0 spiro atoms. The summed E-state index contributed by atoms with van der Waals surface area (Å²) in [5.41, 5.74) is 7.24. The van der Waals surface area contributed by atoms with Crippen LogP contribution in [0.2, 0.25) is 0 Å². The molecule has 0 aliphatic rings. The maximum atomic E-state index is 11.1. The van der Waals surface area contributed by atoms with E-state index >= 15 is 0 Å². The van der Waals surface area contributed by atoms with E-state index in [-0.39, 0.29) is 0 Å². The fraction of sp³-hybridized carbons (Fsp3) is 0.182. The smallest absolute Gasteiger partial charge is 0.323 e. The van der Waals surface area contributed by atoms with Gasteiger partial charge >= 0.3 is 6.03 Å². The van der Waals surface area contributed by atoms with Gasteiger partial charge in [-0.25, -0.2) is 4.79 Å². The van der Waals surface area contributed by atoms with E-state index < -0.39 is 6.03 Å². The first-order valence-corrected chi connectivity index (χ1v) is 4.54. The molecule has 1 heterocycles. The Kier molecular flexibility index (Phi) is 2.00. The van der Waals surface area contributed by atoms with Crippen molar-refractivity contribution in [1.82, 2.24) is 4.57 Å². The number of aromatic nitrogens is 1. The third-order valence-electron chi connectivity index (χ3n) is 2.35. The van der Waals surface area contributed by atoms with Gasteiger partial charge in [-0.05, 0) is 30.2 Å². The third kappa shape index (κ3) is 1.18. The van der Waals surface area contributed by atoms with Gasteiger partial charge in [0.2, 0.25) is 0 Å². The van der Waals surface area contributed by atoms with Gasteiger partial charge in [-0.3, -0.25) is 4.57 Å². The predicted octanol–water partition coefficient (Wildman–Crippen LogP) is 1.93. The molecule has 2 aromatic rings. The van der Waals surface area contributed by atoms with Crippen molar-refractivity contribution in [1.29, 1.82) is 0 Å². The Balaban J connectivity index is 2.80. The zero-order valence-electron chi connectivity index (χ0n) is 7.95. The van der Waals surface area contributed by atoms with E-state index in [2.05, 4.69) is 6.07 Å². The van der Waals surface area contributed by atoms with Crippen molar-refractivity contribution in [3.8, 4) is 0 Å². The number of carbonyl (C=O) groups is 1. The van der Waals surface area contributed by atoms with Gasteiger partial charge in [0.15, 0.2) is 0 Å². The SMILES string of the molecule is CCc1cn(C(N)=O)c2cc[c]cc12. The molecule has 3 heteroatoms. The van der Waals surface area contributed by atoms with Crippen LogP contribution in [0.4, 0.5) is 4.79 Å². The molecule has 0 bridgehead atoms. The average molecular weight is 187 g/mol. The van der Waals surface area contributed by atoms with Crippen LogP contribution in [0.1, 0.15) is 12.5 Å². The second-order valence-electron chi connectivity index (χ2n) is 3.16. The summed E-state index contributed by atoms with van der Waals surface area (Å²) in [5.74, 6) is 0. The van der Waals surface area contributed by atoms with Crippen LogP contribution in [0.5, 0.6) is 0 Å². The maximum Gasteiger partial charge on any atom is 0.323 e. The van der Waals surface area contributed by atoms with Gasteiger partial charge in [-0.2, -0.15) is 0 Å². The predicted molar refractivity (Wildman–Crippen MR) is 55.1 cm³/mol. The lowest BCUT2D eigenvalue weighted by Crippen LogP contribution is -2.18. The second kappa shape index (κ2) is 3.18. The van der Waals surface area contributed by atoms with Crippen LogP contribution < -0.4 is 5.73 Å². The lowest BCUT2D eigenvalue weighted by molar-refractivity contribution is 0.251. The molecule has 1 aromatic heterocycles. The first kappa shape index (κ1) is 8.81. The highest BCUT2D eigenvalue weighted by Gasteiger charge is 2.08. The van der Waals surface area contributed by atoms with Gasteiger partial charge in [0.25, 0.3) is 0 Å². The fourth-order valence-corrected chi connectivity index (χ4v) is 1.65. The Morgan fingerprint density at radius 1 is 1.64 bits per heavy atom. The number of carbonyl (C=O) groups excluding carboxylic acids is 1. The Hall–Kier alpha value is -1.77. The van der Waals surface area contributed by atoms with E-state index in [1.165, 1.54) is 4.57 Å². The highest BCUT2D eigenvalue weighted by molar-refractivity contribution is 5.93. The number of hydrogen-bond acceptors (Lipinski definition) is 1. The van der Waals surface area contributed by atoms with E-state index in [4.69, 9.17) is 5.73 Å². The van der Waals surface area contributed by atoms with Gasteiger partial charge in [0.1, 0.15) is 0 Å². The molecule has 2 rings (SSSR count). The summed E-state index contributed by atoms with van der Waals surface area (Å²) >= 11 is 0. The van der Waals surface area contributed by atoms with Crippen molar-refractivity contribution >= 4 is 16.9 Å². The monoisotopic (exact) mass is 187 g/mol. The Morgan fingerprint density at radius 2 is 2.43 bits per heavy atom. The molecule has 0 atom stereocenters. The number of benzene rings is 1. The largest absolute Gasteiger partial charge is 0.351 e. The van der Waals surface area contributed by atoms with Gasteiger partial charge < -0.3 is 5.73 Å². The summed E-state index contributed by atoms with van der Waals surface area (Å²) in [6, 6.07) is 8.06. The summed E-state index contributed by atoms with van der Waals surface area (Å²) in [7, 11) is 0. The van der Waals surface area contributed by atoms with E-state index in [1.54, 1.807) is 12.3 Å². The summed E-state index contributed by atoms with van der Waals surface area (Å²) in [6.45, 7) is 2.05. The summed E-state index contributed by atoms with van der Waals surface area (Å²) < 4.78 is 1.47. The number of aryl methyl sites for hydroxylation is 1. The molecule has 0 unspecified atom stereocenters. The minimum absolute atomic E-state index is 0.444. The minimum Gasteiger partial charge on any atom is -0.351 e. The van der Waals surface area contributed by atoms with Crippen LogP contribution in [0, 0.1) is 6.07 Å². The van der Waals surface area contributed by atoms with Crippen molar-refractivity contribution in [3.63, 3.8) is 0 Å². The molecule has 1 amide bonds. The zero-order valence-corrected chi connectivity index (χ0v) is 7.95. The molecule has 0 saturated carbocycles. The van der Waals surface area contributed by atoms with Gasteiger partial charge in [-0.15, -0.1) is 0 Å². The summed E-state index contributed by atoms with van der Waals surface area (Å²) in [6.07, 6.45) is 2.68. The molecule has 0 aliphatic carbocycles. The summed E-state index contributed by atoms with van der Waals surface area (Å²) in [4.78, 5) is 11.1. The maximum absolute atomic E-state index is 11.1.